The van der Waals surface area contributed by atoms with Gasteiger partial charge in [-0.1, -0.05) is 0 Å². The maximum atomic E-state index is 11.9. The Bertz CT molecular complexity index is 1560. The van der Waals surface area contributed by atoms with E-state index in [-0.39, 0.29) is 0 Å². The number of ether oxygens (including phenoxy) is 5. The molecule has 0 bridgehead atoms. The van der Waals surface area contributed by atoms with Crippen LogP contribution in [0.25, 0.3) is 0 Å². The number of hydrogen-bond donors (Lipinski definition) is 11. The van der Waals surface area contributed by atoms with Gasteiger partial charge in [0, 0.05) is 13.8 Å². The second-order valence-corrected chi connectivity index (χ2v) is 14.7. The van der Waals surface area contributed by atoms with Gasteiger partial charge in [-0.15, -0.1) is 0 Å². The SMILES string of the molecule is CC(=O)N[C@H]1[C@H](O[C@H]2[C@@H](O)[C@@H](COS(=O)(=O)O)O[C@@H](O[C@H]3[C@H](O)[C@@H](NC(C)=O)C(O)O[C@@H]3COS(=O)(=O)O)[C@@H]2O)O[C@H](COS(=O)(=O)O)[C@@H](O)[C@@H]1O. The number of rotatable bonds is 15. The van der Waals surface area contributed by atoms with Gasteiger partial charge in [0.25, 0.3) is 0 Å². The van der Waals surface area contributed by atoms with E-state index < -0.39 is 155 Å². The van der Waals surface area contributed by atoms with Gasteiger partial charge in [-0.3, -0.25) is 23.2 Å². The summed E-state index contributed by atoms with van der Waals surface area (Å²) in [6, 6.07) is -3.52. The average Bonchev–Trinajstić information content (AvgIpc) is 2.99. The molecular formula is C22H38N2O25S3. The second-order valence-electron chi connectivity index (χ2n) is 11.4. The topological polar surface area (TPSA) is 417 Å². The van der Waals surface area contributed by atoms with E-state index in [1.807, 2.05) is 0 Å². The number of carbonyl (C=O) groups excluding carboxylic acids is 2. The second kappa shape index (κ2) is 17.7. The molecule has 2 amide bonds. The molecule has 0 aromatic carbocycles. The minimum atomic E-state index is -5.25. The van der Waals surface area contributed by atoms with E-state index >= 15 is 0 Å². The number of carbonyl (C=O) groups is 2. The van der Waals surface area contributed by atoms with Crippen LogP contribution in [-0.4, -0.2) is 193 Å². The standard InChI is InChI=1S/C22H38N2O25S3/c1-6(25)23-11-16(30)18(10(45-20(11)32)5-44-52(39,40)41)48-22-17(31)19(14(28)9(47-22)4-43-51(36,37)38)49-21-12(24-7(2)26)15(29)13(27)8(46-21)3-42-50(33,34)35/h8-22,27-32H,3-5H2,1-2H3,(H,23,25)(H,24,26)(H,33,34,35)(H,36,37,38)(H,39,40,41)/t8-,9-,10-,11-,12-,13-,14+,15-,16-,17-,18-,19+,20?,21+,22+/m1/s1. The molecule has 3 saturated heterocycles. The normalized spacial score (nSPS) is 39.1. The lowest BCUT2D eigenvalue weighted by molar-refractivity contribution is -0.367. The van der Waals surface area contributed by atoms with Crippen molar-refractivity contribution >= 4 is 43.0 Å². The lowest BCUT2D eigenvalue weighted by atomic mass is 9.94. The highest BCUT2D eigenvalue weighted by Crippen LogP contribution is 2.33. The average molecular weight is 827 g/mol. The van der Waals surface area contributed by atoms with Crippen LogP contribution in [-0.2, 0) is 77.0 Å². The van der Waals surface area contributed by atoms with Crippen LogP contribution >= 0.6 is 0 Å². The first kappa shape index (κ1) is 44.5. The molecule has 3 rings (SSSR count). The van der Waals surface area contributed by atoms with Crippen LogP contribution in [0.5, 0.6) is 0 Å². The van der Waals surface area contributed by atoms with Gasteiger partial charge in [0.15, 0.2) is 18.9 Å². The molecule has 0 spiro atoms. The van der Waals surface area contributed by atoms with Crippen LogP contribution in [0.1, 0.15) is 13.8 Å². The number of hydrogen-bond acceptors (Lipinski definition) is 22. The Morgan fingerprint density at radius 1 is 0.538 bits per heavy atom. The summed E-state index contributed by atoms with van der Waals surface area (Å²) < 4.78 is 134. The molecule has 3 fully saturated rings. The third-order valence-electron chi connectivity index (χ3n) is 7.50. The van der Waals surface area contributed by atoms with Crippen molar-refractivity contribution in [3.8, 4) is 0 Å². The molecule has 1 unspecified atom stereocenters. The molecule has 15 atom stereocenters. The number of amides is 2. The summed E-state index contributed by atoms with van der Waals surface area (Å²) in [6.45, 7) is -1.73. The van der Waals surface area contributed by atoms with E-state index in [9.17, 15) is 65.5 Å². The molecule has 27 nitrogen and oxygen atoms in total. The molecule has 11 N–H and O–H groups in total. The van der Waals surface area contributed by atoms with Crippen molar-refractivity contribution in [3.05, 3.63) is 0 Å². The summed E-state index contributed by atoms with van der Waals surface area (Å²) in [5.74, 6) is -1.71. The van der Waals surface area contributed by atoms with Gasteiger partial charge in [-0.25, -0.2) is 12.5 Å². The van der Waals surface area contributed by atoms with E-state index in [2.05, 4.69) is 23.2 Å². The summed E-state index contributed by atoms with van der Waals surface area (Å²) in [5, 5.41) is 69.3. The predicted octanol–water partition coefficient (Wildman–Crippen LogP) is -7.80. The van der Waals surface area contributed by atoms with E-state index in [4.69, 9.17) is 37.3 Å². The van der Waals surface area contributed by atoms with E-state index in [0.717, 1.165) is 13.8 Å². The minimum Gasteiger partial charge on any atom is -0.388 e. The van der Waals surface area contributed by atoms with Crippen molar-refractivity contribution in [1.29, 1.82) is 0 Å². The zero-order valence-electron chi connectivity index (χ0n) is 26.6. The quantitative estimate of drug-likeness (QED) is 0.0683. The molecule has 0 radical (unpaired) electrons. The maximum absolute atomic E-state index is 11.9. The van der Waals surface area contributed by atoms with Gasteiger partial charge in [0.2, 0.25) is 11.8 Å². The van der Waals surface area contributed by atoms with Crippen LogP contribution in [0.15, 0.2) is 0 Å². The third kappa shape index (κ3) is 12.6. The minimum absolute atomic E-state index is 0.833. The van der Waals surface area contributed by atoms with Gasteiger partial charge in [0.05, 0.1) is 19.8 Å². The van der Waals surface area contributed by atoms with E-state index in [0.29, 0.717) is 0 Å². The van der Waals surface area contributed by atoms with Gasteiger partial charge < -0.3 is 65.0 Å². The van der Waals surface area contributed by atoms with Crippen LogP contribution < -0.4 is 10.6 Å². The highest BCUT2D eigenvalue weighted by atomic mass is 32.3. The molecule has 0 aromatic rings. The van der Waals surface area contributed by atoms with Gasteiger partial charge in [-0.2, -0.15) is 25.3 Å². The molecule has 0 saturated carbocycles. The van der Waals surface area contributed by atoms with Crippen molar-refractivity contribution in [2.45, 2.75) is 106 Å². The number of aliphatic hydroxyl groups is 6. The van der Waals surface area contributed by atoms with Crippen molar-refractivity contribution in [2.75, 3.05) is 19.8 Å². The summed E-state index contributed by atoms with van der Waals surface area (Å²) in [7, 11) is -15.6. The lowest BCUT2D eigenvalue weighted by Crippen LogP contribution is -2.69. The van der Waals surface area contributed by atoms with E-state index in [1.165, 1.54) is 0 Å². The fourth-order valence-corrected chi connectivity index (χ4v) is 6.20. The number of aliphatic hydroxyl groups excluding tert-OH is 6. The highest BCUT2D eigenvalue weighted by molar-refractivity contribution is 7.81. The van der Waals surface area contributed by atoms with Crippen LogP contribution in [0.2, 0.25) is 0 Å². The molecule has 52 heavy (non-hydrogen) atoms. The third-order valence-corrected chi connectivity index (χ3v) is 8.80. The van der Waals surface area contributed by atoms with Crippen molar-refractivity contribution in [1.82, 2.24) is 10.6 Å². The van der Waals surface area contributed by atoms with Gasteiger partial charge >= 0.3 is 31.2 Å². The van der Waals surface area contributed by atoms with E-state index in [1.54, 1.807) is 0 Å². The monoisotopic (exact) mass is 826 g/mol. The Morgan fingerprint density at radius 2 is 0.962 bits per heavy atom. The highest BCUT2D eigenvalue weighted by Gasteiger charge is 2.54. The Morgan fingerprint density at radius 3 is 1.44 bits per heavy atom. The first-order valence-electron chi connectivity index (χ1n) is 14.5. The fourth-order valence-electron chi connectivity index (χ4n) is 5.28. The summed E-state index contributed by atoms with van der Waals surface area (Å²) in [5.41, 5.74) is 0. The number of nitrogens with one attached hydrogen (secondary N) is 2. The molecule has 0 aliphatic carbocycles. The molecular weight excluding hydrogens is 788 g/mol. The van der Waals surface area contributed by atoms with Crippen LogP contribution in [0, 0.1) is 0 Å². The zero-order chi connectivity index (χ0) is 39.5. The predicted molar refractivity (Wildman–Crippen MR) is 156 cm³/mol. The largest absolute Gasteiger partial charge is 0.397 e. The Hall–Kier alpha value is -1.89. The zero-order valence-corrected chi connectivity index (χ0v) is 29.0. The Labute approximate surface area is 294 Å². The van der Waals surface area contributed by atoms with Gasteiger partial charge in [0.1, 0.15) is 73.1 Å². The van der Waals surface area contributed by atoms with Gasteiger partial charge in [-0.05, 0) is 0 Å². The van der Waals surface area contributed by atoms with Crippen LogP contribution in [0.4, 0.5) is 0 Å². The van der Waals surface area contributed by atoms with Crippen molar-refractivity contribution in [3.63, 3.8) is 0 Å². The Balaban J connectivity index is 2.01. The first-order chi connectivity index (χ1) is 23.8. The van der Waals surface area contributed by atoms with Crippen molar-refractivity contribution < 1.29 is 115 Å². The maximum Gasteiger partial charge on any atom is 0.397 e. The first-order valence-corrected chi connectivity index (χ1v) is 18.6. The molecule has 3 aliphatic heterocycles. The molecule has 30 heteroatoms. The Kier molecular flexibility index (Phi) is 15.2. The molecule has 3 heterocycles. The summed E-state index contributed by atoms with van der Waals surface area (Å²) in [4.78, 5) is 23.7. The molecule has 0 aromatic heterocycles. The van der Waals surface area contributed by atoms with Crippen LogP contribution in [0.3, 0.4) is 0 Å². The summed E-state index contributed by atoms with van der Waals surface area (Å²) in [6.07, 6.45) is -27.2. The molecule has 3 aliphatic rings. The molecule has 304 valence electrons. The smallest absolute Gasteiger partial charge is 0.388 e. The fraction of sp³-hybridized carbons (Fsp3) is 0.909. The lowest BCUT2D eigenvalue weighted by Gasteiger charge is -2.49. The summed E-state index contributed by atoms with van der Waals surface area (Å²) >= 11 is 0. The van der Waals surface area contributed by atoms with Crippen molar-refractivity contribution in [2.24, 2.45) is 0 Å².